The fraction of sp³-hybridized carbons (Fsp3) is 0.667. The summed E-state index contributed by atoms with van der Waals surface area (Å²) in [6, 6.07) is 4.12. The van der Waals surface area contributed by atoms with E-state index in [1.165, 1.54) is 63.5 Å². The zero-order chi connectivity index (χ0) is 17.1. The second-order valence-electron chi connectivity index (χ2n) is 6.19. The van der Waals surface area contributed by atoms with Crippen LogP contribution in [0.25, 0.3) is 0 Å². The molecule has 0 radical (unpaired) electrons. The molecule has 1 aromatic carbocycles. The standard InChI is InChI=1S/C18H30O4S.K/c1-2-3-4-5-6-7-8-9-10-11-12-16-13-14-18(17(19)15-16)23(20,21)22;/h13-15,19H,2-12H2,1H3,(H,20,21,22);/q;+1/p-1. The normalized spacial score (nSPS) is 11.2. The van der Waals surface area contributed by atoms with E-state index in [-0.39, 0.29) is 51.4 Å². The Kier molecular flexibility index (Phi) is 14.1. The van der Waals surface area contributed by atoms with Gasteiger partial charge in [-0.3, -0.25) is 4.55 Å². The minimum atomic E-state index is -4.41. The zero-order valence-corrected chi connectivity index (χ0v) is 19.0. The number of unbranched alkanes of at least 4 members (excludes halogenated alkanes) is 9. The second kappa shape index (κ2) is 13.7. The third kappa shape index (κ3) is 10.5. The number of rotatable bonds is 12. The van der Waals surface area contributed by atoms with Gasteiger partial charge >= 0.3 is 51.4 Å². The largest absolute Gasteiger partial charge is 1.00 e. The summed E-state index contributed by atoms with van der Waals surface area (Å²) in [6.07, 6.45) is 13.3. The molecule has 24 heavy (non-hydrogen) atoms. The SMILES string of the molecule is CCCCCCCCCCCCc1ccc(S(=O)(=O)O)c([O-])c1.[K+]. The number of hydrogen-bond acceptors (Lipinski definition) is 3. The van der Waals surface area contributed by atoms with Gasteiger partial charge in [0.25, 0.3) is 10.1 Å². The molecule has 0 atom stereocenters. The molecule has 0 aliphatic rings. The van der Waals surface area contributed by atoms with Crippen molar-refractivity contribution in [1.82, 2.24) is 0 Å². The monoisotopic (exact) mass is 380 g/mol. The van der Waals surface area contributed by atoms with Crippen LogP contribution in [0.1, 0.15) is 76.7 Å². The van der Waals surface area contributed by atoms with Crippen LogP contribution in [-0.4, -0.2) is 13.0 Å². The molecule has 0 saturated heterocycles. The van der Waals surface area contributed by atoms with Crippen LogP contribution in [-0.2, 0) is 16.5 Å². The Bertz CT molecular complexity index is 558. The quantitative estimate of drug-likeness (QED) is 0.338. The summed E-state index contributed by atoms with van der Waals surface area (Å²) in [5, 5.41) is 11.6. The molecule has 0 saturated carbocycles. The van der Waals surface area contributed by atoms with E-state index >= 15 is 0 Å². The van der Waals surface area contributed by atoms with Crippen molar-refractivity contribution in [2.45, 2.75) is 82.4 Å². The Morgan fingerprint density at radius 3 is 1.88 bits per heavy atom. The van der Waals surface area contributed by atoms with Gasteiger partial charge in [-0.25, -0.2) is 0 Å². The maximum Gasteiger partial charge on any atom is 1.00 e. The second-order valence-corrected chi connectivity index (χ2v) is 7.58. The zero-order valence-electron chi connectivity index (χ0n) is 15.1. The van der Waals surface area contributed by atoms with Gasteiger partial charge in [0, 0.05) is 0 Å². The smallest absolute Gasteiger partial charge is 0.872 e. The van der Waals surface area contributed by atoms with Gasteiger partial charge in [0.15, 0.2) is 0 Å². The van der Waals surface area contributed by atoms with Crippen molar-refractivity contribution in [2.75, 3.05) is 0 Å². The van der Waals surface area contributed by atoms with Gasteiger partial charge in [0.05, 0.1) is 4.90 Å². The van der Waals surface area contributed by atoms with E-state index in [1.54, 1.807) is 6.07 Å². The summed E-state index contributed by atoms with van der Waals surface area (Å²) in [6.45, 7) is 2.23. The summed E-state index contributed by atoms with van der Waals surface area (Å²) in [7, 11) is -4.41. The van der Waals surface area contributed by atoms with Crippen molar-refractivity contribution < 1.29 is 69.5 Å². The van der Waals surface area contributed by atoms with Crippen molar-refractivity contribution in [2.24, 2.45) is 0 Å². The minimum absolute atomic E-state index is 0. The van der Waals surface area contributed by atoms with Crippen molar-refractivity contribution in [3.05, 3.63) is 23.8 Å². The van der Waals surface area contributed by atoms with Crippen molar-refractivity contribution in [3.8, 4) is 5.75 Å². The Hall–Kier alpha value is 0.566. The van der Waals surface area contributed by atoms with Gasteiger partial charge in [-0.15, -0.1) is 0 Å². The molecule has 0 unspecified atom stereocenters. The predicted octanol–water partition coefficient (Wildman–Crippen LogP) is 1.47. The molecule has 0 aliphatic carbocycles. The molecular formula is C18H29KO4S. The van der Waals surface area contributed by atoms with Gasteiger partial charge in [-0.2, -0.15) is 8.42 Å². The number of aryl methyl sites for hydroxylation is 1. The number of hydrogen-bond donors (Lipinski definition) is 1. The molecule has 0 aliphatic heterocycles. The summed E-state index contributed by atoms with van der Waals surface area (Å²) >= 11 is 0. The van der Waals surface area contributed by atoms with Gasteiger partial charge in [-0.05, 0) is 24.5 Å². The van der Waals surface area contributed by atoms with E-state index in [0.717, 1.165) is 24.8 Å². The molecule has 0 amide bonds. The Labute approximate surface area is 189 Å². The molecule has 0 aromatic heterocycles. The van der Waals surface area contributed by atoms with E-state index in [2.05, 4.69) is 6.92 Å². The maximum absolute atomic E-state index is 11.6. The van der Waals surface area contributed by atoms with E-state index < -0.39 is 20.8 Å². The summed E-state index contributed by atoms with van der Waals surface area (Å²) in [4.78, 5) is -0.538. The summed E-state index contributed by atoms with van der Waals surface area (Å²) in [5.41, 5.74) is 0.835. The molecular weight excluding hydrogens is 351 g/mol. The topological polar surface area (TPSA) is 77.4 Å². The first-order valence-corrected chi connectivity index (χ1v) is 10.2. The van der Waals surface area contributed by atoms with Gasteiger partial charge < -0.3 is 5.11 Å². The van der Waals surface area contributed by atoms with Crippen molar-refractivity contribution in [3.63, 3.8) is 0 Å². The molecule has 132 valence electrons. The molecule has 0 bridgehead atoms. The average Bonchev–Trinajstić information content (AvgIpc) is 2.48. The fourth-order valence-corrected chi connectivity index (χ4v) is 3.29. The maximum atomic E-state index is 11.6. The van der Waals surface area contributed by atoms with Crippen LogP contribution < -0.4 is 56.5 Å². The minimum Gasteiger partial charge on any atom is -0.872 e. The van der Waals surface area contributed by atoms with Crippen LogP contribution >= 0.6 is 0 Å². The van der Waals surface area contributed by atoms with Crippen LogP contribution in [0.4, 0.5) is 0 Å². The Morgan fingerprint density at radius 2 is 1.42 bits per heavy atom. The first-order chi connectivity index (χ1) is 10.9. The third-order valence-electron chi connectivity index (χ3n) is 4.11. The molecule has 1 N–H and O–H groups in total. The molecule has 6 heteroatoms. The number of benzene rings is 1. The Morgan fingerprint density at radius 1 is 0.917 bits per heavy atom. The van der Waals surface area contributed by atoms with Crippen LogP contribution in [0.2, 0.25) is 0 Å². The van der Waals surface area contributed by atoms with Crippen molar-refractivity contribution >= 4 is 10.1 Å². The molecule has 0 spiro atoms. The average molecular weight is 381 g/mol. The van der Waals surface area contributed by atoms with Gasteiger partial charge in [-0.1, -0.05) is 82.6 Å². The predicted molar refractivity (Wildman–Crippen MR) is 91.3 cm³/mol. The summed E-state index contributed by atoms with van der Waals surface area (Å²) < 4.78 is 30.8. The van der Waals surface area contributed by atoms with Crippen LogP contribution in [0.15, 0.2) is 23.1 Å². The van der Waals surface area contributed by atoms with Crippen LogP contribution in [0.3, 0.4) is 0 Å². The van der Waals surface area contributed by atoms with E-state index in [4.69, 9.17) is 4.55 Å². The van der Waals surface area contributed by atoms with E-state index in [9.17, 15) is 13.5 Å². The van der Waals surface area contributed by atoms with Crippen LogP contribution in [0.5, 0.6) is 5.75 Å². The molecule has 0 heterocycles. The first-order valence-electron chi connectivity index (χ1n) is 8.72. The fourth-order valence-electron chi connectivity index (χ4n) is 2.74. The molecule has 1 rings (SSSR count). The van der Waals surface area contributed by atoms with Crippen LogP contribution in [0, 0.1) is 0 Å². The van der Waals surface area contributed by atoms with Crippen molar-refractivity contribution in [1.29, 1.82) is 0 Å². The molecule has 4 nitrogen and oxygen atoms in total. The summed E-state index contributed by atoms with van der Waals surface area (Å²) in [5.74, 6) is -0.628. The van der Waals surface area contributed by atoms with Gasteiger partial charge in [0.1, 0.15) is 0 Å². The molecule has 0 fully saturated rings. The first kappa shape index (κ1) is 24.6. The van der Waals surface area contributed by atoms with E-state index in [0.29, 0.717) is 0 Å². The molecule has 1 aromatic rings. The van der Waals surface area contributed by atoms with E-state index in [1.807, 2.05) is 0 Å². The third-order valence-corrected chi connectivity index (χ3v) is 5.00. The Balaban J connectivity index is 0.00000529. The van der Waals surface area contributed by atoms with Gasteiger partial charge in [0.2, 0.25) is 0 Å².